The van der Waals surface area contributed by atoms with Gasteiger partial charge in [0, 0.05) is 29.8 Å². The van der Waals surface area contributed by atoms with Crippen LogP contribution in [0.3, 0.4) is 0 Å². The number of halogens is 4. The fourth-order valence-corrected chi connectivity index (χ4v) is 2.83. The van der Waals surface area contributed by atoms with Crippen molar-refractivity contribution < 1.29 is 31.9 Å². The van der Waals surface area contributed by atoms with Crippen LogP contribution < -0.4 is 10.1 Å². The number of carbonyl (C=O) groups is 2. The van der Waals surface area contributed by atoms with E-state index >= 15 is 0 Å². The second-order valence-corrected chi connectivity index (χ2v) is 7.18. The van der Waals surface area contributed by atoms with Crippen molar-refractivity contribution in [3.05, 3.63) is 59.4 Å². The van der Waals surface area contributed by atoms with Crippen LogP contribution in [0.4, 0.5) is 17.6 Å². The molecule has 0 saturated heterocycles. The van der Waals surface area contributed by atoms with Gasteiger partial charge in [-0.2, -0.15) is 17.6 Å². The average molecular weight is 424 g/mol. The van der Waals surface area contributed by atoms with Crippen LogP contribution in [-0.4, -0.2) is 29.2 Å². The third-order valence-electron chi connectivity index (χ3n) is 4.70. The predicted molar refractivity (Wildman–Crippen MR) is 99.6 cm³/mol. The molecule has 160 valence electrons. The van der Waals surface area contributed by atoms with Crippen molar-refractivity contribution in [1.82, 2.24) is 10.3 Å². The second-order valence-electron chi connectivity index (χ2n) is 7.18. The highest BCUT2D eigenvalue weighted by Gasteiger charge is 2.43. The van der Waals surface area contributed by atoms with Crippen molar-refractivity contribution in [1.29, 1.82) is 0 Å². The lowest BCUT2D eigenvalue weighted by molar-refractivity contribution is -0.253. The zero-order valence-electron chi connectivity index (χ0n) is 16.1. The number of ketones is 1. The molecule has 1 saturated carbocycles. The number of amides is 1. The quantitative estimate of drug-likeness (QED) is 0.609. The van der Waals surface area contributed by atoms with E-state index in [-0.39, 0.29) is 23.7 Å². The Hall–Kier alpha value is -2.97. The molecule has 1 atom stereocenters. The van der Waals surface area contributed by atoms with E-state index in [1.54, 1.807) is 25.3 Å². The highest BCUT2D eigenvalue weighted by molar-refractivity contribution is 5.94. The Kier molecular flexibility index (Phi) is 6.38. The number of hydrogen-bond donors (Lipinski definition) is 1. The minimum absolute atomic E-state index is 0.139. The van der Waals surface area contributed by atoms with Crippen molar-refractivity contribution in [3.8, 4) is 5.75 Å². The lowest BCUT2D eigenvalue weighted by Gasteiger charge is -2.17. The summed E-state index contributed by atoms with van der Waals surface area (Å²) in [5.41, 5.74) is 1.54. The molecule has 1 amide bonds. The molecule has 9 heteroatoms. The molecule has 1 fully saturated rings. The zero-order chi connectivity index (χ0) is 21.9. The number of nitrogens with zero attached hydrogens (tertiary/aromatic N) is 1. The zero-order valence-corrected chi connectivity index (χ0v) is 16.1. The molecular formula is C21H20F4N2O3. The number of ether oxygens (including phenoxy) is 1. The monoisotopic (exact) mass is 424 g/mol. The van der Waals surface area contributed by atoms with E-state index in [2.05, 4.69) is 15.0 Å². The molecule has 5 nitrogen and oxygen atoms in total. The predicted octanol–water partition coefficient (Wildman–Crippen LogP) is 4.33. The van der Waals surface area contributed by atoms with Crippen molar-refractivity contribution in [2.45, 2.75) is 44.8 Å². The molecule has 30 heavy (non-hydrogen) atoms. The Morgan fingerprint density at radius 3 is 2.47 bits per heavy atom. The van der Waals surface area contributed by atoms with Crippen LogP contribution >= 0.6 is 0 Å². The summed E-state index contributed by atoms with van der Waals surface area (Å²) >= 11 is 0. The van der Waals surface area contributed by atoms with Gasteiger partial charge in [-0.25, -0.2) is 0 Å². The standard InChI is InChI=1S/C21H20F4N2O3/c1-12(15-8-9-26-16(10-15)11-18(28)13-2-3-13)27-19(29)14-4-6-17(7-5-14)30-21(24,25)20(22)23/h4-10,12-13,20H,2-3,11H2,1H3,(H,27,29). The number of Topliss-reactive ketones (excluding diaryl/α,β-unsaturated/α-hetero) is 1. The van der Waals surface area contributed by atoms with Crippen LogP contribution in [0.5, 0.6) is 5.75 Å². The van der Waals surface area contributed by atoms with Gasteiger partial charge in [0.15, 0.2) is 0 Å². The third kappa shape index (κ3) is 5.55. The summed E-state index contributed by atoms with van der Waals surface area (Å²) in [5, 5.41) is 2.75. The molecule has 1 aromatic carbocycles. The maximum Gasteiger partial charge on any atom is 0.461 e. The molecule has 1 unspecified atom stereocenters. The smallest absolute Gasteiger partial charge is 0.428 e. The lowest BCUT2D eigenvalue weighted by atomic mass is 10.0. The first kappa shape index (κ1) is 21.7. The second kappa shape index (κ2) is 8.81. The summed E-state index contributed by atoms with van der Waals surface area (Å²) < 4.78 is 54.2. The summed E-state index contributed by atoms with van der Waals surface area (Å²) in [6.07, 6.45) is -4.90. The molecule has 2 aromatic rings. The van der Waals surface area contributed by atoms with Crippen molar-refractivity contribution in [2.24, 2.45) is 5.92 Å². The van der Waals surface area contributed by atoms with Gasteiger partial charge in [-0.05, 0) is 61.7 Å². The first-order chi connectivity index (χ1) is 14.2. The topological polar surface area (TPSA) is 68.3 Å². The van der Waals surface area contributed by atoms with Crippen LogP contribution in [0.2, 0.25) is 0 Å². The van der Waals surface area contributed by atoms with E-state index < -0.39 is 30.2 Å². The Labute approximate surface area is 170 Å². The molecule has 0 bridgehead atoms. The van der Waals surface area contributed by atoms with Crippen LogP contribution in [-0.2, 0) is 11.2 Å². The largest absolute Gasteiger partial charge is 0.461 e. The molecule has 0 spiro atoms. The molecule has 1 aliphatic carbocycles. The molecule has 1 heterocycles. The summed E-state index contributed by atoms with van der Waals surface area (Å²) in [7, 11) is 0. The number of benzene rings is 1. The Morgan fingerprint density at radius 2 is 1.87 bits per heavy atom. The van der Waals surface area contributed by atoms with Crippen molar-refractivity contribution in [2.75, 3.05) is 0 Å². The van der Waals surface area contributed by atoms with E-state index in [0.717, 1.165) is 30.5 Å². The first-order valence-electron chi connectivity index (χ1n) is 9.39. The van der Waals surface area contributed by atoms with E-state index in [0.29, 0.717) is 5.69 Å². The van der Waals surface area contributed by atoms with E-state index in [1.807, 2.05) is 0 Å². The van der Waals surface area contributed by atoms with Gasteiger partial charge in [0.2, 0.25) is 0 Å². The normalized spacial score (nSPS) is 15.0. The highest BCUT2D eigenvalue weighted by atomic mass is 19.3. The van der Waals surface area contributed by atoms with Crippen molar-refractivity contribution in [3.63, 3.8) is 0 Å². The molecule has 3 rings (SSSR count). The van der Waals surface area contributed by atoms with Gasteiger partial charge in [0.05, 0.1) is 6.04 Å². The van der Waals surface area contributed by atoms with E-state index in [9.17, 15) is 27.2 Å². The third-order valence-corrected chi connectivity index (χ3v) is 4.70. The van der Waals surface area contributed by atoms with Gasteiger partial charge in [-0.1, -0.05) is 0 Å². The number of carbonyl (C=O) groups excluding carboxylic acids is 2. The Morgan fingerprint density at radius 1 is 1.20 bits per heavy atom. The molecule has 1 aromatic heterocycles. The van der Waals surface area contributed by atoms with Crippen LogP contribution in [0.25, 0.3) is 0 Å². The molecular weight excluding hydrogens is 404 g/mol. The Bertz CT molecular complexity index is 915. The van der Waals surface area contributed by atoms with Gasteiger partial charge >= 0.3 is 12.5 Å². The number of aromatic nitrogens is 1. The van der Waals surface area contributed by atoms with Crippen LogP contribution in [0.15, 0.2) is 42.6 Å². The average Bonchev–Trinajstić information content (AvgIpc) is 3.53. The van der Waals surface area contributed by atoms with E-state index in [1.165, 1.54) is 12.1 Å². The molecule has 0 radical (unpaired) electrons. The first-order valence-corrected chi connectivity index (χ1v) is 9.39. The number of pyridine rings is 1. The lowest BCUT2D eigenvalue weighted by Crippen LogP contribution is -2.33. The summed E-state index contributed by atoms with van der Waals surface area (Å²) in [4.78, 5) is 28.6. The SMILES string of the molecule is CC(NC(=O)c1ccc(OC(F)(F)C(F)F)cc1)c1ccnc(CC(=O)C2CC2)c1. The highest BCUT2D eigenvalue weighted by Crippen LogP contribution is 2.31. The number of hydrogen-bond acceptors (Lipinski definition) is 4. The molecule has 1 aliphatic rings. The van der Waals surface area contributed by atoms with Crippen LogP contribution in [0, 0.1) is 5.92 Å². The van der Waals surface area contributed by atoms with Gasteiger partial charge in [-0.3, -0.25) is 14.6 Å². The molecule has 0 aliphatic heterocycles. The van der Waals surface area contributed by atoms with Gasteiger partial charge in [0.25, 0.3) is 5.91 Å². The van der Waals surface area contributed by atoms with Gasteiger partial charge in [0.1, 0.15) is 11.5 Å². The molecule has 1 N–H and O–H groups in total. The van der Waals surface area contributed by atoms with Crippen LogP contribution in [0.1, 0.15) is 47.4 Å². The number of alkyl halides is 4. The van der Waals surface area contributed by atoms with Crippen molar-refractivity contribution >= 4 is 11.7 Å². The fraction of sp³-hybridized carbons (Fsp3) is 0.381. The summed E-state index contributed by atoms with van der Waals surface area (Å²) in [6, 6.07) is 7.51. The number of nitrogens with one attached hydrogen (secondary N) is 1. The maximum atomic E-state index is 12.9. The minimum atomic E-state index is -4.61. The van der Waals surface area contributed by atoms with E-state index in [4.69, 9.17) is 0 Å². The number of rotatable bonds is 9. The summed E-state index contributed by atoms with van der Waals surface area (Å²) in [5.74, 6) is -0.665. The minimum Gasteiger partial charge on any atom is -0.428 e. The fourth-order valence-electron chi connectivity index (χ4n) is 2.83. The maximum absolute atomic E-state index is 12.9. The summed E-state index contributed by atoms with van der Waals surface area (Å²) in [6.45, 7) is 1.75. The van der Waals surface area contributed by atoms with Gasteiger partial charge < -0.3 is 10.1 Å². The van der Waals surface area contributed by atoms with Gasteiger partial charge in [-0.15, -0.1) is 0 Å². The Balaban J connectivity index is 1.60.